The number of carbonyl (C=O) groups excluding carboxylic acids is 1. The molecule has 4 nitrogen and oxygen atoms in total. The van der Waals surface area contributed by atoms with E-state index in [2.05, 4.69) is 5.32 Å². The Morgan fingerprint density at radius 3 is 2.61 bits per heavy atom. The van der Waals surface area contributed by atoms with Gasteiger partial charge in [-0.05, 0) is 31.0 Å². The Kier molecular flexibility index (Phi) is 5.34. The minimum absolute atomic E-state index is 0.190. The van der Waals surface area contributed by atoms with E-state index in [1.165, 1.54) is 0 Å². The van der Waals surface area contributed by atoms with Gasteiger partial charge < -0.3 is 11.1 Å². The number of rotatable bonds is 5. The third-order valence-electron chi connectivity index (χ3n) is 2.47. The van der Waals surface area contributed by atoms with E-state index >= 15 is 0 Å². The summed E-state index contributed by atoms with van der Waals surface area (Å²) in [7, 11) is -1.38. The summed E-state index contributed by atoms with van der Waals surface area (Å²) < 4.78 is 12.2. The summed E-state index contributed by atoms with van der Waals surface area (Å²) in [6.45, 7) is 6.28. The highest BCUT2D eigenvalue weighted by Crippen LogP contribution is 2.14. The summed E-state index contributed by atoms with van der Waals surface area (Å²) in [5.74, 6) is 0.186. The zero-order chi connectivity index (χ0) is 13.7. The summed E-state index contributed by atoms with van der Waals surface area (Å²) in [4.78, 5) is 12.4. The van der Waals surface area contributed by atoms with E-state index in [0.717, 1.165) is 0 Å². The lowest BCUT2D eigenvalue weighted by atomic mass is 10.2. The second kappa shape index (κ2) is 6.54. The monoisotopic (exact) mass is 268 g/mol. The number of anilines is 1. The van der Waals surface area contributed by atoms with Crippen molar-refractivity contribution in [3.8, 4) is 0 Å². The van der Waals surface area contributed by atoms with Crippen molar-refractivity contribution in [1.82, 2.24) is 5.32 Å². The maximum absolute atomic E-state index is 12.2. The smallest absolute Gasteiger partial charge is 0.235 e. The van der Waals surface area contributed by atoms with Gasteiger partial charge in [-0.25, -0.2) is 0 Å². The molecule has 1 aromatic rings. The molecule has 100 valence electrons. The number of hydrogen-bond donors (Lipinski definition) is 2. The zero-order valence-electron chi connectivity index (χ0n) is 11.0. The Morgan fingerprint density at radius 1 is 1.39 bits per heavy atom. The highest BCUT2D eigenvalue weighted by Gasteiger charge is 2.21. The first-order chi connectivity index (χ1) is 8.41. The molecule has 0 aliphatic rings. The first-order valence-electron chi connectivity index (χ1n) is 5.95. The number of hydrogen-bond acceptors (Lipinski definition) is 3. The largest absolute Gasteiger partial charge is 0.399 e. The molecule has 0 saturated carbocycles. The lowest BCUT2D eigenvalue weighted by Crippen LogP contribution is -2.37. The molecule has 1 amide bonds. The number of benzene rings is 1. The number of nitrogens with two attached hydrogens (primary N) is 1. The highest BCUT2D eigenvalue weighted by molar-refractivity contribution is 7.86. The summed E-state index contributed by atoms with van der Waals surface area (Å²) in [6.07, 6.45) is 0. The number of amides is 1. The van der Waals surface area contributed by atoms with E-state index in [4.69, 9.17) is 5.73 Å². The van der Waals surface area contributed by atoms with Crippen LogP contribution in [0.2, 0.25) is 0 Å². The number of nitrogens with one attached hydrogen (secondary N) is 1. The Bertz CT molecular complexity index is 446. The maximum Gasteiger partial charge on any atom is 0.235 e. The molecular formula is C13H20N2O2S. The molecule has 5 heteroatoms. The molecule has 0 aromatic heterocycles. The third kappa shape index (κ3) is 4.14. The first kappa shape index (κ1) is 14.7. The van der Waals surface area contributed by atoms with Gasteiger partial charge in [0.2, 0.25) is 5.91 Å². The minimum atomic E-state index is -1.38. The van der Waals surface area contributed by atoms with E-state index < -0.39 is 16.0 Å². The SMILES string of the molecule is CC(C)CNC(=O)C(C)S(=O)c1cccc(N)c1. The van der Waals surface area contributed by atoms with Gasteiger partial charge in [-0.3, -0.25) is 9.00 Å². The fourth-order valence-electron chi connectivity index (χ4n) is 1.39. The summed E-state index contributed by atoms with van der Waals surface area (Å²) >= 11 is 0. The highest BCUT2D eigenvalue weighted by atomic mass is 32.2. The minimum Gasteiger partial charge on any atom is -0.399 e. The average molecular weight is 268 g/mol. The van der Waals surface area contributed by atoms with Crippen molar-refractivity contribution in [2.75, 3.05) is 12.3 Å². The first-order valence-corrected chi connectivity index (χ1v) is 7.17. The molecule has 0 spiro atoms. The molecule has 0 heterocycles. The maximum atomic E-state index is 12.2. The Hall–Kier alpha value is -1.36. The normalized spacial score (nSPS) is 14.2. The standard InChI is InChI=1S/C13H20N2O2S/c1-9(2)8-15-13(16)10(3)18(17)12-6-4-5-11(14)7-12/h4-7,9-10H,8,14H2,1-3H3,(H,15,16). The fourth-order valence-corrected chi connectivity index (χ4v) is 2.54. The number of nitrogen functional groups attached to an aromatic ring is 1. The van der Waals surface area contributed by atoms with Crippen LogP contribution in [-0.2, 0) is 15.6 Å². The van der Waals surface area contributed by atoms with Crippen molar-refractivity contribution < 1.29 is 9.00 Å². The van der Waals surface area contributed by atoms with Crippen molar-refractivity contribution in [2.24, 2.45) is 5.92 Å². The predicted octanol–water partition coefficient (Wildman–Crippen LogP) is 1.54. The molecule has 1 aromatic carbocycles. The van der Waals surface area contributed by atoms with Crippen molar-refractivity contribution >= 4 is 22.4 Å². The van der Waals surface area contributed by atoms with Crippen LogP contribution >= 0.6 is 0 Å². The summed E-state index contributed by atoms with van der Waals surface area (Å²) in [5.41, 5.74) is 6.19. The van der Waals surface area contributed by atoms with Crippen LogP contribution in [0, 0.1) is 5.92 Å². The van der Waals surface area contributed by atoms with Gasteiger partial charge in [-0.1, -0.05) is 19.9 Å². The van der Waals surface area contributed by atoms with E-state index in [0.29, 0.717) is 23.0 Å². The fraction of sp³-hybridized carbons (Fsp3) is 0.462. The van der Waals surface area contributed by atoms with Crippen LogP contribution in [0.4, 0.5) is 5.69 Å². The quantitative estimate of drug-likeness (QED) is 0.796. The lowest BCUT2D eigenvalue weighted by Gasteiger charge is -2.13. The van der Waals surface area contributed by atoms with Gasteiger partial charge in [0.15, 0.2) is 0 Å². The van der Waals surface area contributed by atoms with Crippen molar-refractivity contribution in [3.63, 3.8) is 0 Å². The van der Waals surface area contributed by atoms with Crippen molar-refractivity contribution in [1.29, 1.82) is 0 Å². The third-order valence-corrected chi connectivity index (χ3v) is 4.04. The molecule has 0 saturated heterocycles. The predicted molar refractivity (Wildman–Crippen MR) is 74.6 cm³/mol. The van der Waals surface area contributed by atoms with E-state index in [1.807, 2.05) is 13.8 Å². The number of carbonyl (C=O) groups is 1. The molecule has 18 heavy (non-hydrogen) atoms. The van der Waals surface area contributed by atoms with Crippen molar-refractivity contribution in [3.05, 3.63) is 24.3 Å². The lowest BCUT2D eigenvalue weighted by molar-refractivity contribution is -0.120. The molecule has 0 fully saturated rings. The van der Waals surface area contributed by atoms with Crippen LogP contribution < -0.4 is 11.1 Å². The van der Waals surface area contributed by atoms with Crippen LogP contribution in [0.15, 0.2) is 29.2 Å². The molecule has 0 radical (unpaired) electrons. The molecule has 2 atom stereocenters. The Balaban J connectivity index is 2.69. The van der Waals surface area contributed by atoms with Crippen LogP contribution in [0.5, 0.6) is 0 Å². The molecule has 0 aliphatic heterocycles. The molecule has 0 aliphatic carbocycles. The molecule has 3 N–H and O–H groups in total. The van der Waals surface area contributed by atoms with Crippen LogP contribution in [0.3, 0.4) is 0 Å². The Morgan fingerprint density at radius 2 is 2.06 bits per heavy atom. The zero-order valence-corrected chi connectivity index (χ0v) is 11.8. The molecule has 1 rings (SSSR count). The van der Waals surface area contributed by atoms with Gasteiger partial charge in [0.25, 0.3) is 0 Å². The van der Waals surface area contributed by atoms with E-state index in [9.17, 15) is 9.00 Å². The average Bonchev–Trinajstić information content (AvgIpc) is 2.34. The molecule has 2 unspecified atom stereocenters. The van der Waals surface area contributed by atoms with E-state index in [1.54, 1.807) is 31.2 Å². The van der Waals surface area contributed by atoms with Crippen LogP contribution in [0.25, 0.3) is 0 Å². The van der Waals surface area contributed by atoms with Gasteiger partial charge in [0, 0.05) is 17.1 Å². The van der Waals surface area contributed by atoms with E-state index in [-0.39, 0.29) is 5.91 Å². The van der Waals surface area contributed by atoms with Gasteiger partial charge in [-0.15, -0.1) is 0 Å². The molecule has 0 bridgehead atoms. The Labute approximate surface area is 110 Å². The van der Waals surface area contributed by atoms with Gasteiger partial charge >= 0.3 is 0 Å². The second-order valence-electron chi connectivity index (χ2n) is 4.65. The second-order valence-corrected chi connectivity index (χ2v) is 6.42. The summed E-state index contributed by atoms with van der Waals surface area (Å²) in [5, 5.41) is 2.21. The molecular weight excluding hydrogens is 248 g/mol. The van der Waals surface area contributed by atoms with Crippen molar-refractivity contribution in [2.45, 2.75) is 30.9 Å². The van der Waals surface area contributed by atoms with Gasteiger partial charge in [-0.2, -0.15) is 0 Å². The van der Waals surface area contributed by atoms with Gasteiger partial charge in [0.1, 0.15) is 5.25 Å². The topological polar surface area (TPSA) is 72.2 Å². The van der Waals surface area contributed by atoms with Crippen LogP contribution in [0.1, 0.15) is 20.8 Å². The summed E-state index contributed by atoms with van der Waals surface area (Å²) in [6, 6.07) is 6.83. The van der Waals surface area contributed by atoms with Crippen LogP contribution in [-0.4, -0.2) is 21.9 Å². The van der Waals surface area contributed by atoms with Gasteiger partial charge in [0.05, 0.1) is 10.8 Å².